The summed E-state index contributed by atoms with van der Waals surface area (Å²) in [6.07, 6.45) is 4.90. The Kier molecular flexibility index (Phi) is 5.45. The zero-order valence-electron chi connectivity index (χ0n) is 11.5. The second-order valence-electron chi connectivity index (χ2n) is 4.39. The maximum Gasteiger partial charge on any atom is 0.262 e. The Balaban J connectivity index is 1.85. The molecule has 1 atom stereocenters. The number of pyridine rings is 1. The molecule has 0 aliphatic carbocycles. The molecule has 1 aromatic heterocycles. The standard InChI is InChI=1S/C15H15BrN4O/c1-11(19-14-6-4-13(16)5-7-14)15(21)20-18-10-12-3-2-8-17-9-12/h2-11,19H,1H3,(H,20,21)/b18-10+. The highest BCUT2D eigenvalue weighted by Gasteiger charge is 2.11. The van der Waals surface area contributed by atoms with E-state index < -0.39 is 6.04 Å². The molecule has 0 fully saturated rings. The number of carbonyl (C=O) groups is 1. The van der Waals surface area contributed by atoms with Crippen LogP contribution in [0.4, 0.5) is 5.69 Å². The summed E-state index contributed by atoms with van der Waals surface area (Å²) in [5.41, 5.74) is 4.19. The third kappa shape index (κ3) is 5.00. The van der Waals surface area contributed by atoms with Crippen LogP contribution in [0.25, 0.3) is 0 Å². The predicted molar refractivity (Wildman–Crippen MR) is 87.2 cm³/mol. The molecule has 0 aliphatic rings. The van der Waals surface area contributed by atoms with Crippen LogP contribution < -0.4 is 10.7 Å². The van der Waals surface area contributed by atoms with Crippen LogP contribution in [0.2, 0.25) is 0 Å². The lowest BCUT2D eigenvalue weighted by Crippen LogP contribution is -2.34. The predicted octanol–water partition coefficient (Wildman–Crippen LogP) is 2.79. The van der Waals surface area contributed by atoms with Gasteiger partial charge < -0.3 is 5.32 Å². The average molecular weight is 347 g/mol. The first kappa shape index (κ1) is 15.2. The van der Waals surface area contributed by atoms with Crippen molar-refractivity contribution < 1.29 is 4.79 Å². The highest BCUT2D eigenvalue weighted by Crippen LogP contribution is 2.14. The summed E-state index contributed by atoms with van der Waals surface area (Å²) < 4.78 is 0.992. The number of amides is 1. The monoisotopic (exact) mass is 346 g/mol. The molecular formula is C15H15BrN4O. The number of aromatic nitrogens is 1. The number of hydrogen-bond donors (Lipinski definition) is 2. The molecule has 6 heteroatoms. The number of nitrogens with zero attached hydrogens (tertiary/aromatic N) is 2. The third-order valence-corrected chi connectivity index (χ3v) is 3.22. The quantitative estimate of drug-likeness (QED) is 0.646. The van der Waals surface area contributed by atoms with Gasteiger partial charge in [-0.3, -0.25) is 9.78 Å². The minimum absolute atomic E-state index is 0.210. The van der Waals surface area contributed by atoms with Crippen molar-refractivity contribution in [2.24, 2.45) is 5.10 Å². The van der Waals surface area contributed by atoms with E-state index in [0.717, 1.165) is 15.7 Å². The van der Waals surface area contributed by atoms with Gasteiger partial charge in [0.05, 0.1) is 6.21 Å². The molecule has 0 bridgehead atoms. The lowest BCUT2D eigenvalue weighted by molar-refractivity contribution is -0.121. The van der Waals surface area contributed by atoms with E-state index in [2.05, 4.69) is 36.8 Å². The number of anilines is 1. The van der Waals surface area contributed by atoms with E-state index in [1.807, 2.05) is 30.3 Å². The van der Waals surface area contributed by atoms with Gasteiger partial charge in [0, 0.05) is 28.1 Å². The van der Waals surface area contributed by atoms with Crippen molar-refractivity contribution in [1.29, 1.82) is 0 Å². The van der Waals surface area contributed by atoms with Gasteiger partial charge in [-0.2, -0.15) is 5.10 Å². The van der Waals surface area contributed by atoms with Crippen molar-refractivity contribution in [3.8, 4) is 0 Å². The molecule has 0 saturated carbocycles. The molecule has 2 rings (SSSR count). The lowest BCUT2D eigenvalue weighted by atomic mass is 10.2. The van der Waals surface area contributed by atoms with Gasteiger partial charge in [0.15, 0.2) is 0 Å². The van der Waals surface area contributed by atoms with Gasteiger partial charge in [-0.15, -0.1) is 0 Å². The third-order valence-electron chi connectivity index (χ3n) is 2.69. The highest BCUT2D eigenvalue weighted by atomic mass is 79.9. The van der Waals surface area contributed by atoms with Gasteiger partial charge >= 0.3 is 0 Å². The largest absolute Gasteiger partial charge is 0.374 e. The van der Waals surface area contributed by atoms with Crippen LogP contribution in [0, 0.1) is 0 Å². The molecule has 21 heavy (non-hydrogen) atoms. The summed E-state index contributed by atoms with van der Waals surface area (Å²) in [5.74, 6) is -0.210. The topological polar surface area (TPSA) is 66.4 Å². The minimum atomic E-state index is -0.391. The van der Waals surface area contributed by atoms with E-state index in [0.29, 0.717) is 0 Å². The minimum Gasteiger partial charge on any atom is -0.374 e. The zero-order valence-corrected chi connectivity index (χ0v) is 13.0. The van der Waals surface area contributed by atoms with Crippen LogP contribution >= 0.6 is 15.9 Å². The molecule has 1 unspecified atom stereocenters. The molecule has 2 N–H and O–H groups in total. The molecule has 0 radical (unpaired) electrons. The van der Waals surface area contributed by atoms with Crippen molar-refractivity contribution in [1.82, 2.24) is 10.4 Å². The molecule has 0 aliphatic heterocycles. The van der Waals surface area contributed by atoms with Crippen LogP contribution in [-0.2, 0) is 4.79 Å². The van der Waals surface area contributed by atoms with Gasteiger partial charge in [0.1, 0.15) is 6.04 Å². The SMILES string of the molecule is CC(Nc1ccc(Br)cc1)C(=O)N/N=C/c1cccnc1. The van der Waals surface area contributed by atoms with E-state index in [9.17, 15) is 4.79 Å². The Morgan fingerprint density at radius 3 is 2.76 bits per heavy atom. The maximum absolute atomic E-state index is 11.9. The van der Waals surface area contributed by atoms with Gasteiger partial charge in [-0.1, -0.05) is 22.0 Å². The first-order chi connectivity index (χ1) is 10.1. The molecule has 0 saturated heterocycles. The van der Waals surface area contributed by atoms with Crippen LogP contribution in [0.15, 0.2) is 58.4 Å². The highest BCUT2D eigenvalue weighted by molar-refractivity contribution is 9.10. The van der Waals surface area contributed by atoms with E-state index in [4.69, 9.17) is 0 Å². The second-order valence-corrected chi connectivity index (χ2v) is 5.31. The summed E-state index contributed by atoms with van der Waals surface area (Å²) in [6, 6.07) is 10.9. The maximum atomic E-state index is 11.9. The normalized spacial score (nSPS) is 12.1. The van der Waals surface area contributed by atoms with Crippen molar-refractivity contribution >= 4 is 33.7 Å². The summed E-state index contributed by atoms with van der Waals surface area (Å²) >= 11 is 3.37. The molecule has 2 aromatic rings. The Hall–Kier alpha value is -2.21. The average Bonchev–Trinajstić information content (AvgIpc) is 2.50. The Bertz CT molecular complexity index is 613. The van der Waals surface area contributed by atoms with E-state index in [1.165, 1.54) is 0 Å². The summed E-state index contributed by atoms with van der Waals surface area (Å²) in [4.78, 5) is 15.9. The molecule has 108 valence electrons. The lowest BCUT2D eigenvalue weighted by Gasteiger charge is -2.13. The van der Waals surface area contributed by atoms with Crippen LogP contribution in [0.1, 0.15) is 12.5 Å². The van der Waals surface area contributed by atoms with Crippen molar-refractivity contribution in [3.63, 3.8) is 0 Å². The van der Waals surface area contributed by atoms with Crippen LogP contribution in [0.3, 0.4) is 0 Å². The molecular weight excluding hydrogens is 332 g/mol. The summed E-state index contributed by atoms with van der Waals surface area (Å²) in [5, 5.41) is 7.00. The zero-order chi connectivity index (χ0) is 15.1. The van der Waals surface area contributed by atoms with Gasteiger partial charge in [-0.05, 0) is 37.3 Å². The second kappa shape index (κ2) is 7.54. The first-order valence-electron chi connectivity index (χ1n) is 6.40. The molecule has 1 aromatic carbocycles. The fraction of sp³-hybridized carbons (Fsp3) is 0.133. The van der Waals surface area contributed by atoms with E-state index >= 15 is 0 Å². The Labute approximate surface area is 131 Å². The van der Waals surface area contributed by atoms with Gasteiger partial charge in [0.25, 0.3) is 5.91 Å². The number of hydrogen-bond acceptors (Lipinski definition) is 4. The van der Waals surface area contributed by atoms with Crippen molar-refractivity contribution in [3.05, 3.63) is 58.8 Å². The van der Waals surface area contributed by atoms with E-state index in [-0.39, 0.29) is 5.91 Å². The fourth-order valence-corrected chi connectivity index (χ4v) is 1.85. The van der Waals surface area contributed by atoms with Gasteiger partial charge in [-0.25, -0.2) is 5.43 Å². The Morgan fingerprint density at radius 1 is 1.33 bits per heavy atom. The molecule has 0 spiro atoms. The fourth-order valence-electron chi connectivity index (χ4n) is 1.58. The van der Waals surface area contributed by atoms with Gasteiger partial charge in [0.2, 0.25) is 0 Å². The number of halogens is 1. The molecule has 5 nitrogen and oxygen atoms in total. The number of carbonyl (C=O) groups excluding carboxylic acids is 1. The summed E-state index contributed by atoms with van der Waals surface area (Å²) in [6.45, 7) is 1.77. The number of benzene rings is 1. The Morgan fingerprint density at radius 2 is 2.10 bits per heavy atom. The van der Waals surface area contributed by atoms with Crippen molar-refractivity contribution in [2.45, 2.75) is 13.0 Å². The number of rotatable bonds is 5. The number of hydrazone groups is 1. The molecule has 1 heterocycles. The first-order valence-corrected chi connectivity index (χ1v) is 7.19. The molecule has 1 amide bonds. The number of nitrogens with one attached hydrogen (secondary N) is 2. The van der Waals surface area contributed by atoms with Crippen LogP contribution in [0.5, 0.6) is 0 Å². The smallest absolute Gasteiger partial charge is 0.262 e. The van der Waals surface area contributed by atoms with Crippen molar-refractivity contribution in [2.75, 3.05) is 5.32 Å². The van der Waals surface area contributed by atoms with E-state index in [1.54, 1.807) is 31.6 Å². The summed E-state index contributed by atoms with van der Waals surface area (Å²) in [7, 11) is 0. The van der Waals surface area contributed by atoms with Crippen LogP contribution in [-0.4, -0.2) is 23.1 Å².